The Hall–Kier alpha value is -2.30. The van der Waals surface area contributed by atoms with E-state index >= 15 is 0 Å². The number of para-hydroxylation sites is 1. The monoisotopic (exact) mass is 332 g/mol. The second-order valence-corrected chi connectivity index (χ2v) is 5.28. The van der Waals surface area contributed by atoms with Gasteiger partial charge in [0.05, 0.1) is 15.6 Å². The average molecular weight is 333 g/mol. The van der Waals surface area contributed by atoms with E-state index in [1.54, 1.807) is 24.3 Å². The molecule has 0 unspecified atom stereocenters. The van der Waals surface area contributed by atoms with Gasteiger partial charge in [-0.15, -0.1) is 5.10 Å². The summed E-state index contributed by atoms with van der Waals surface area (Å²) in [5.41, 5.74) is 0.916. The Bertz CT molecular complexity index is 843. The molecule has 0 saturated heterocycles. The van der Waals surface area contributed by atoms with E-state index in [-0.39, 0.29) is 11.4 Å². The Balaban J connectivity index is 2.02. The van der Waals surface area contributed by atoms with E-state index in [9.17, 15) is 4.79 Å². The molecule has 0 radical (unpaired) electrons. The summed E-state index contributed by atoms with van der Waals surface area (Å²) in [5.74, 6) is 0.498. The van der Waals surface area contributed by atoms with Gasteiger partial charge < -0.3 is 4.74 Å². The predicted octanol–water partition coefficient (Wildman–Crippen LogP) is 4.54. The fraction of sp³-hybridized carbons (Fsp3) is 0. The van der Waals surface area contributed by atoms with Gasteiger partial charge in [0, 0.05) is 6.07 Å². The molecule has 0 aliphatic heterocycles. The molecule has 0 saturated carbocycles. The first-order valence-corrected chi connectivity index (χ1v) is 7.18. The minimum atomic E-state index is -0.302. The molecule has 0 fully saturated rings. The molecule has 3 aromatic rings. The Morgan fingerprint density at radius 2 is 1.64 bits per heavy atom. The fourth-order valence-corrected chi connectivity index (χ4v) is 2.43. The second-order valence-electron chi connectivity index (χ2n) is 4.47. The van der Waals surface area contributed by atoms with Crippen LogP contribution in [-0.2, 0) is 0 Å². The lowest BCUT2D eigenvalue weighted by molar-refractivity contribution is 0.455. The van der Waals surface area contributed by atoms with Gasteiger partial charge in [0.25, 0.3) is 5.56 Å². The number of benzene rings is 2. The van der Waals surface area contributed by atoms with E-state index in [0.29, 0.717) is 21.4 Å². The molecular formula is C16H10Cl2N2O2. The predicted molar refractivity (Wildman–Crippen MR) is 86.8 cm³/mol. The van der Waals surface area contributed by atoms with E-state index in [2.05, 4.69) is 10.2 Å². The van der Waals surface area contributed by atoms with Crippen LogP contribution in [0, 0.1) is 0 Å². The summed E-state index contributed by atoms with van der Waals surface area (Å²) >= 11 is 12.1. The minimum absolute atomic E-state index is 0.202. The summed E-state index contributed by atoms with van der Waals surface area (Å²) in [7, 11) is 0. The molecule has 0 amide bonds. The number of H-pyrrole nitrogens is 1. The van der Waals surface area contributed by atoms with Crippen molar-refractivity contribution in [1.82, 2.24) is 10.2 Å². The van der Waals surface area contributed by atoms with Crippen LogP contribution in [0.4, 0.5) is 0 Å². The Morgan fingerprint density at radius 1 is 0.955 bits per heavy atom. The Kier molecular flexibility index (Phi) is 4.13. The van der Waals surface area contributed by atoms with Crippen molar-refractivity contribution >= 4 is 23.2 Å². The highest BCUT2D eigenvalue weighted by Gasteiger charge is 2.11. The SMILES string of the molecule is O=c1[nH]nc(Oc2c(Cl)cccc2Cl)cc1-c1ccccc1. The summed E-state index contributed by atoms with van der Waals surface area (Å²) in [4.78, 5) is 11.9. The molecule has 0 spiro atoms. The van der Waals surface area contributed by atoms with Crippen LogP contribution in [0.15, 0.2) is 59.4 Å². The topological polar surface area (TPSA) is 55.0 Å². The summed E-state index contributed by atoms with van der Waals surface area (Å²) in [6.45, 7) is 0. The average Bonchev–Trinajstić information content (AvgIpc) is 2.53. The third-order valence-corrected chi connectivity index (χ3v) is 3.59. The lowest BCUT2D eigenvalue weighted by atomic mass is 10.1. The zero-order chi connectivity index (χ0) is 15.5. The van der Waals surface area contributed by atoms with Crippen LogP contribution in [0.3, 0.4) is 0 Å². The van der Waals surface area contributed by atoms with E-state index in [1.165, 1.54) is 0 Å². The molecule has 1 heterocycles. The van der Waals surface area contributed by atoms with Gasteiger partial charge in [-0.05, 0) is 17.7 Å². The number of rotatable bonds is 3. The molecule has 22 heavy (non-hydrogen) atoms. The molecule has 1 N–H and O–H groups in total. The van der Waals surface area contributed by atoms with E-state index in [1.807, 2.05) is 30.3 Å². The largest absolute Gasteiger partial charge is 0.434 e. The van der Waals surface area contributed by atoms with Crippen molar-refractivity contribution in [2.24, 2.45) is 0 Å². The van der Waals surface area contributed by atoms with Gasteiger partial charge >= 0.3 is 0 Å². The molecule has 1 aromatic heterocycles. The standard InChI is InChI=1S/C16H10Cl2N2O2/c17-12-7-4-8-13(18)15(12)22-14-9-11(16(21)20-19-14)10-5-2-1-3-6-10/h1-9H,(H,20,21). The first kappa shape index (κ1) is 14.6. The van der Waals surface area contributed by atoms with Gasteiger partial charge in [0.1, 0.15) is 0 Å². The van der Waals surface area contributed by atoms with Gasteiger partial charge in [-0.2, -0.15) is 0 Å². The summed E-state index contributed by atoms with van der Waals surface area (Å²) in [6, 6.07) is 15.8. The summed E-state index contributed by atoms with van der Waals surface area (Å²) < 4.78 is 5.61. The molecular weight excluding hydrogens is 323 g/mol. The number of nitrogens with one attached hydrogen (secondary N) is 1. The quantitative estimate of drug-likeness (QED) is 0.766. The third-order valence-electron chi connectivity index (χ3n) is 2.99. The zero-order valence-corrected chi connectivity index (χ0v) is 12.7. The van der Waals surface area contributed by atoms with Crippen LogP contribution in [0.1, 0.15) is 0 Å². The van der Waals surface area contributed by atoms with Crippen molar-refractivity contribution in [3.05, 3.63) is 75.0 Å². The highest BCUT2D eigenvalue weighted by Crippen LogP contribution is 2.35. The Labute approximate surface area is 136 Å². The normalized spacial score (nSPS) is 10.5. The maximum absolute atomic E-state index is 11.9. The minimum Gasteiger partial charge on any atom is -0.434 e. The van der Waals surface area contributed by atoms with Gasteiger partial charge in [0.15, 0.2) is 5.75 Å². The van der Waals surface area contributed by atoms with E-state index < -0.39 is 0 Å². The second kappa shape index (κ2) is 6.22. The van der Waals surface area contributed by atoms with Crippen LogP contribution < -0.4 is 10.3 Å². The van der Waals surface area contributed by atoms with Crippen molar-refractivity contribution in [2.75, 3.05) is 0 Å². The number of hydrogen-bond acceptors (Lipinski definition) is 3. The molecule has 0 aliphatic rings. The van der Waals surface area contributed by atoms with Crippen molar-refractivity contribution < 1.29 is 4.74 Å². The number of hydrogen-bond donors (Lipinski definition) is 1. The van der Waals surface area contributed by atoms with Crippen LogP contribution in [-0.4, -0.2) is 10.2 Å². The van der Waals surface area contributed by atoms with E-state index in [4.69, 9.17) is 27.9 Å². The van der Waals surface area contributed by atoms with Crippen molar-refractivity contribution in [3.8, 4) is 22.8 Å². The molecule has 0 aliphatic carbocycles. The number of nitrogens with zero attached hydrogens (tertiary/aromatic N) is 1. The molecule has 6 heteroatoms. The summed E-state index contributed by atoms with van der Waals surface area (Å²) in [5, 5.41) is 7.00. The van der Waals surface area contributed by atoms with Gasteiger partial charge in [-0.3, -0.25) is 4.79 Å². The zero-order valence-electron chi connectivity index (χ0n) is 11.2. The number of halogens is 2. The highest BCUT2D eigenvalue weighted by atomic mass is 35.5. The third kappa shape index (κ3) is 2.98. The number of aromatic amines is 1. The molecule has 3 rings (SSSR count). The lowest BCUT2D eigenvalue weighted by Gasteiger charge is -2.09. The van der Waals surface area contributed by atoms with Crippen molar-refractivity contribution in [2.45, 2.75) is 0 Å². The van der Waals surface area contributed by atoms with Gasteiger partial charge in [0.2, 0.25) is 5.88 Å². The molecule has 4 nitrogen and oxygen atoms in total. The van der Waals surface area contributed by atoms with Gasteiger partial charge in [-0.25, -0.2) is 5.10 Å². The van der Waals surface area contributed by atoms with E-state index in [0.717, 1.165) is 5.56 Å². The molecule has 0 bridgehead atoms. The molecule has 2 aromatic carbocycles. The maximum atomic E-state index is 11.9. The van der Waals surface area contributed by atoms with Crippen LogP contribution >= 0.6 is 23.2 Å². The van der Waals surface area contributed by atoms with Crippen molar-refractivity contribution in [3.63, 3.8) is 0 Å². The first-order valence-electron chi connectivity index (χ1n) is 6.42. The fourth-order valence-electron chi connectivity index (χ4n) is 1.96. The molecule has 110 valence electrons. The smallest absolute Gasteiger partial charge is 0.272 e. The van der Waals surface area contributed by atoms with Gasteiger partial charge in [-0.1, -0.05) is 59.6 Å². The lowest BCUT2D eigenvalue weighted by Crippen LogP contribution is -2.11. The van der Waals surface area contributed by atoms with Crippen LogP contribution in [0.2, 0.25) is 10.0 Å². The Morgan fingerprint density at radius 3 is 2.32 bits per heavy atom. The summed E-state index contributed by atoms with van der Waals surface area (Å²) in [6.07, 6.45) is 0. The van der Waals surface area contributed by atoms with Crippen molar-refractivity contribution in [1.29, 1.82) is 0 Å². The molecule has 0 atom stereocenters. The van der Waals surface area contributed by atoms with Crippen LogP contribution in [0.25, 0.3) is 11.1 Å². The van der Waals surface area contributed by atoms with Crippen LogP contribution in [0.5, 0.6) is 11.6 Å². The first-order chi connectivity index (χ1) is 10.6. The number of ether oxygens (including phenoxy) is 1. The maximum Gasteiger partial charge on any atom is 0.272 e. The highest BCUT2D eigenvalue weighted by molar-refractivity contribution is 6.37. The number of aromatic nitrogens is 2.